The molecule has 0 amide bonds. The predicted octanol–water partition coefficient (Wildman–Crippen LogP) is 1.63. The monoisotopic (exact) mass is 209 g/mol. The Morgan fingerprint density at radius 1 is 1.57 bits per heavy atom. The number of aromatic nitrogens is 1. The number of nitro groups is 1. The van der Waals surface area contributed by atoms with Crippen LogP contribution in [0.25, 0.3) is 10.2 Å². The van der Waals surface area contributed by atoms with E-state index in [9.17, 15) is 10.1 Å². The molecule has 0 aliphatic heterocycles. The molecule has 0 unspecified atom stereocenters. The van der Waals surface area contributed by atoms with Crippen molar-refractivity contribution >= 4 is 27.2 Å². The van der Waals surface area contributed by atoms with Crippen LogP contribution in [-0.4, -0.2) is 9.49 Å². The Morgan fingerprint density at radius 2 is 2.29 bits per heavy atom. The lowest BCUT2D eigenvalue weighted by Crippen LogP contribution is -2.06. The molecule has 14 heavy (non-hydrogen) atoms. The second kappa shape index (κ2) is 2.91. The lowest BCUT2D eigenvalue weighted by atomic mass is 10.3. The number of aryl methyl sites for hydroxylation is 1. The number of rotatable bonds is 1. The van der Waals surface area contributed by atoms with Crippen LogP contribution in [0.4, 0.5) is 5.69 Å². The zero-order chi connectivity index (χ0) is 10.3. The first-order valence-corrected chi connectivity index (χ1v) is 4.70. The lowest BCUT2D eigenvalue weighted by Gasteiger charge is -1.93. The van der Waals surface area contributed by atoms with E-state index in [2.05, 4.69) is 0 Å². The van der Waals surface area contributed by atoms with Gasteiger partial charge in [-0.15, -0.1) is 0 Å². The Labute approximate surface area is 82.9 Å². The van der Waals surface area contributed by atoms with Crippen molar-refractivity contribution in [2.45, 2.75) is 0 Å². The van der Waals surface area contributed by atoms with Crippen LogP contribution in [0.2, 0.25) is 0 Å². The number of nitrogens with one attached hydrogen (secondary N) is 1. The van der Waals surface area contributed by atoms with Crippen molar-refractivity contribution in [1.29, 1.82) is 5.41 Å². The van der Waals surface area contributed by atoms with E-state index in [1.807, 2.05) is 0 Å². The minimum absolute atomic E-state index is 0.0688. The Balaban J connectivity index is 2.80. The predicted molar refractivity (Wildman–Crippen MR) is 53.3 cm³/mol. The third-order valence-electron chi connectivity index (χ3n) is 2.03. The van der Waals surface area contributed by atoms with Crippen LogP contribution in [0.15, 0.2) is 18.2 Å². The molecule has 5 nitrogen and oxygen atoms in total. The number of nitro benzene ring substituents is 1. The lowest BCUT2D eigenvalue weighted by molar-refractivity contribution is -0.384. The number of fused-ring (bicyclic) bond motifs is 1. The second-order valence-electron chi connectivity index (χ2n) is 2.88. The molecular weight excluding hydrogens is 202 g/mol. The fourth-order valence-electron chi connectivity index (χ4n) is 1.26. The van der Waals surface area contributed by atoms with Gasteiger partial charge in [0.1, 0.15) is 0 Å². The summed E-state index contributed by atoms with van der Waals surface area (Å²) in [6, 6.07) is 4.62. The van der Waals surface area contributed by atoms with E-state index in [4.69, 9.17) is 5.41 Å². The highest BCUT2D eigenvalue weighted by Crippen LogP contribution is 2.22. The fourth-order valence-corrected chi connectivity index (χ4v) is 2.19. The maximum absolute atomic E-state index is 10.5. The van der Waals surface area contributed by atoms with E-state index in [1.54, 1.807) is 17.7 Å². The maximum Gasteiger partial charge on any atom is 0.270 e. The van der Waals surface area contributed by atoms with Gasteiger partial charge in [0.2, 0.25) is 0 Å². The third-order valence-corrected chi connectivity index (χ3v) is 3.04. The van der Waals surface area contributed by atoms with Crippen LogP contribution >= 0.6 is 11.3 Å². The van der Waals surface area contributed by atoms with Crippen molar-refractivity contribution in [3.63, 3.8) is 0 Å². The van der Waals surface area contributed by atoms with Crippen molar-refractivity contribution in [2.24, 2.45) is 7.05 Å². The summed E-state index contributed by atoms with van der Waals surface area (Å²) < 4.78 is 2.47. The minimum atomic E-state index is -0.428. The highest BCUT2D eigenvalue weighted by Gasteiger charge is 2.08. The Bertz CT molecular complexity index is 569. The third kappa shape index (κ3) is 1.20. The van der Waals surface area contributed by atoms with Crippen LogP contribution in [0, 0.1) is 15.5 Å². The van der Waals surface area contributed by atoms with Crippen molar-refractivity contribution in [3.05, 3.63) is 33.1 Å². The Hall–Kier alpha value is -1.69. The van der Waals surface area contributed by atoms with Crippen LogP contribution < -0.4 is 4.80 Å². The molecule has 0 aliphatic rings. The van der Waals surface area contributed by atoms with Gasteiger partial charge in [0.25, 0.3) is 5.69 Å². The molecule has 0 saturated heterocycles. The van der Waals surface area contributed by atoms with Gasteiger partial charge in [-0.05, 0) is 6.07 Å². The summed E-state index contributed by atoms with van der Waals surface area (Å²) in [7, 11) is 1.77. The summed E-state index contributed by atoms with van der Waals surface area (Å²) in [5.74, 6) is 0. The molecule has 0 fully saturated rings. The van der Waals surface area contributed by atoms with E-state index in [-0.39, 0.29) is 5.69 Å². The first-order chi connectivity index (χ1) is 6.59. The molecule has 1 aromatic carbocycles. The van der Waals surface area contributed by atoms with Gasteiger partial charge in [0.05, 0.1) is 15.1 Å². The molecule has 0 aliphatic carbocycles. The molecule has 0 radical (unpaired) electrons. The van der Waals surface area contributed by atoms with E-state index in [1.165, 1.54) is 23.5 Å². The smallest absolute Gasteiger partial charge is 0.270 e. The largest absolute Gasteiger partial charge is 0.320 e. The van der Waals surface area contributed by atoms with Gasteiger partial charge < -0.3 is 4.57 Å². The molecule has 2 rings (SSSR count). The van der Waals surface area contributed by atoms with Gasteiger partial charge in [-0.3, -0.25) is 15.5 Å². The molecule has 1 aromatic heterocycles. The topological polar surface area (TPSA) is 71.9 Å². The number of hydrogen-bond donors (Lipinski definition) is 1. The summed E-state index contributed by atoms with van der Waals surface area (Å²) in [5.41, 5.74) is 0.921. The first kappa shape index (κ1) is 8.89. The zero-order valence-corrected chi connectivity index (χ0v) is 8.17. The molecule has 0 bridgehead atoms. The minimum Gasteiger partial charge on any atom is -0.320 e. The molecule has 6 heteroatoms. The first-order valence-electron chi connectivity index (χ1n) is 3.88. The molecule has 72 valence electrons. The number of non-ortho nitro benzene ring substituents is 1. The van der Waals surface area contributed by atoms with Crippen molar-refractivity contribution < 1.29 is 4.92 Å². The number of nitrogens with zero attached hydrogens (tertiary/aromatic N) is 2. The van der Waals surface area contributed by atoms with Gasteiger partial charge in [-0.1, -0.05) is 11.3 Å². The second-order valence-corrected chi connectivity index (χ2v) is 3.91. The molecule has 0 spiro atoms. The number of benzene rings is 1. The van der Waals surface area contributed by atoms with Gasteiger partial charge in [0, 0.05) is 19.2 Å². The van der Waals surface area contributed by atoms with Crippen LogP contribution in [0.3, 0.4) is 0 Å². The van der Waals surface area contributed by atoms with Crippen molar-refractivity contribution in [1.82, 2.24) is 4.57 Å². The Kier molecular flexibility index (Phi) is 1.85. The molecule has 0 atom stereocenters. The standard InChI is InChI=1S/C8H7N3O2S/c1-10-6-3-2-5(11(12)13)4-7(6)14-8(10)9/h2-4,9H,1H3. The van der Waals surface area contributed by atoms with Crippen LogP contribution in [0.5, 0.6) is 0 Å². The number of thiazole rings is 1. The van der Waals surface area contributed by atoms with E-state index in [0.29, 0.717) is 4.80 Å². The maximum atomic E-state index is 10.5. The van der Waals surface area contributed by atoms with E-state index >= 15 is 0 Å². The zero-order valence-electron chi connectivity index (χ0n) is 7.35. The summed E-state index contributed by atoms with van der Waals surface area (Å²) in [4.78, 5) is 10.5. The summed E-state index contributed by atoms with van der Waals surface area (Å²) >= 11 is 1.24. The fraction of sp³-hybridized carbons (Fsp3) is 0.125. The molecule has 1 N–H and O–H groups in total. The Morgan fingerprint density at radius 3 is 2.93 bits per heavy atom. The molecule has 1 heterocycles. The van der Waals surface area contributed by atoms with Crippen LogP contribution in [-0.2, 0) is 7.05 Å². The van der Waals surface area contributed by atoms with Crippen molar-refractivity contribution in [2.75, 3.05) is 0 Å². The van der Waals surface area contributed by atoms with E-state index in [0.717, 1.165) is 10.2 Å². The summed E-state index contributed by atoms with van der Waals surface area (Å²) in [6.45, 7) is 0. The molecule has 0 saturated carbocycles. The summed E-state index contributed by atoms with van der Waals surface area (Å²) in [5, 5.41) is 18.0. The highest BCUT2D eigenvalue weighted by molar-refractivity contribution is 7.16. The average molecular weight is 209 g/mol. The average Bonchev–Trinajstić information content (AvgIpc) is 2.42. The molecule has 2 aromatic rings. The quantitative estimate of drug-likeness (QED) is 0.572. The SMILES string of the molecule is Cn1c(=N)sc2cc([N+](=O)[O-])ccc21. The van der Waals surface area contributed by atoms with Gasteiger partial charge in [-0.25, -0.2) is 0 Å². The van der Waals surface area contributed by atoms with E-state index < -0.39 is 4.92 Å². The summed E-state index contributed by atoms with van der Waals surface area (Å²) in [6.07, 6.45) is 0. The van der Waals surface area contributed by atoms with Gasteiger partial charge >= 0.3 is 0 Å². The van der Waals surface area contributed by atoms with Crippen LogP contribution in [0.1, 0.15) is 0 Å². The highest BCUT2D eigenvalue weighted by atomic mass is 32.1. The van der Waals surface area contributed by atoms with Crippen molar-refractivity contribution in [3.8, 4) is 0 Å². The normalized spacial score (nSPS) is 10.6. The van der Waals surface area contributed by atoms with Gasteiger partial charge in [-0.2, -0.15) is 0 Å². The van der Waals surface area contributed by atoms with Gasteiger partial charge in [0.15, 0.2) is 4.80 Å². The molecular formula is C8H7N3O2S. The number of hydrogen-bond acceptors (Lipinski definition) is 4.